The van der Waals surface area contributed by atoms with Crippen LogP contribution in [0.4, 0.5) is 0 Å². The Balaban J connectivity index is 1.95. The van der Waals surface area contributed by atoms with Gasteiger partial charge in [0, 0.05) is 0 Å². The normalized spacial score (nSPS) is 13.8. The number of aromatic nitrogens is 1. The second-order valence-corrected chi connectivity index (χ2v) is 4.69. The second kappa shape index (κ2) is 7.04. The Labute approximate surface area is 123 Å². The van der Waals surface area contributed by atoms with Crippen molar-refractivity contribution in [2.45, 2.75) is 32.5 Å². The molecule has 0 aliphatic rings. The van der Waals surface area contributed by atoms with E-state index in [4.69, 9.17) is 13.9 Å². The number of rotatable bonds is 7. The van der Waals surface area contributed by atoms with Crippen LogP contribution in [-0.4, -0.2) is 23.7 Å². The summed E-state index contributed by atoms with van der Waals surface area (Å²) >= 11 is 0. The summed E-state index contributed by atoms with van der Waals surface area (Å²) < 4.78 is 16.2. The molecule has 0 radical (unpaired) electrons. The summed E-state index contributed by atoms with van der Waals surface area (Å²) in [6.45, 7) is 7.41. The average Bonchev–Trinajstić information content (AvgIpc) is 2.91. The summed E-state index contributed by atoms with van der Waals surface area (Å²) in [5, 5.41) is 0. The Morgan fingerprint density at radius 1 is 1.43 bits per heavy atom. The van der Waals surface area contributed by atoms with Crippen molar-refractivity contribution >= 4 is 17.1 Å². The smallest absolute Gasteiger partial charge is 0.335 e. The van der Waals surface area contributed by atoms with Gasteiger partial charge in [-0.3, -0.25) is 0 Å². The molecule has 0 N–H and O–H groups in total. The fourth-order valence-corrected chi connectivity index (χ4v) is 1.78. The summed E-state index contributed by atoms with van der Waals surface area (Å²) in [6, 6.07) is 7.41. The average molecular weight is 289 g/mol. The van der Waals surface area contributed by atoms with Crippen molar-refractivity contribution in [2.24, 2.45) is 0 Å². The number of carbonyl (C=O) groups excluding carboxylic acids is 1. The first-order valence-corrected chi connectivity index (χ1v) is 6.90. The van der Waals surface area contributed by atoms with Crippen LogP contribution in [0.5, 0.6) is 0 Å². The number of hydrogen-bond acceptors (Lipinski definition) is 5. The molecule has 0 saturated carbocycles. The minimum atomic E-state index is -0.628. The maximum atomic E-state index is 11.9. The number of hydrogen-bond donors (Lipinski definition) is 0. The van der Waals surface area contributed by atoms with Crippen LogP contribution in [0.3, 0.4) is 0 Å². The van der Waals surface area contributed by atoms with Gasteiger partial charge in [-0.25, -0.2) is 9.78 Å². The largest absolute Gasteiger partial charge is 0.451 e. The minimum Gasteiger partial charge on any atom is -0.451 e. The van der Waals surface area contributed by atoms with E-state index in [1.807, 2.05) is 24.3 Å². The molecule has 0 saturated heterocycles. The van der Waals surface area contributed by atoms with Gasteiger partial charge < -0.3 is 13.9 Å². The molecule has 2 aromatic rings. The van der Waals surface area contributed by atoms with E-state index in [0.29, 0.717) is 24.5 Å². The number of esters is 1. The summed E-state index contributed by atoms with van der Waals surface area (Å²) in [5.74, 6) is -0.0586. The van der Waals surface area contributed by atoms with Gasteiger partial charge in [-0.05, 0) is 32.4 Å². The number of oxazole rings is 1. The molecule has 1 aromatic heterocycles. The van der Waals surface area contributed by atoms with Crippen molar-refractivity contribution in [1.29, 1.82) is 0 Å². The lowest BCUT2D eigenvalue weighted by molar-refractivity contribution is -0.162. The Morgan fingerprint density at radius 3 is 2.90 bits per heavy atom. The molecule has 1 aromatic carbocycles. The van der Waals surface area contributed by atoms with E-state index in [2.05, 4.69) is 11.6 Å². The van der Waals surface area contributed by atoms with Crippen molar-refractivity contribution in [2.75, 3.05) is 6.61 Å². The highest BCUT2D eigenvalue weighted by Gasteiger charge is 2.22. The third-order valence-electron chi connectivity index (χ3n) is 2.97. The molecule has 0 bridgehead atoms. The molecule has 0 aliphatic heterocycles. The molecule has 0 amide bonds. The Bertz CT molecular complexity index is 587. The first-order valence-electron chi connectivity index (χ1n) is 6.90. The Hall–Kier alpha value is -2.14. The van der Waals surface area contributed by atoms with Crippen LogP contribution in [0.25, 0.3) is 11.1 Å². The van der Waals surface area contributed by atoms with Crippen LogP contribution in [0.2, 0.25) is 0 Å². The lowest BCUT2D eigenvalue weighted by Crippen LogP contribution is -2.25. The molecule has 1 heterocycles. The zero-order valence-corrected chi connectivity index (χ0v) is 12.2. The number of nitrogens with zero attached hydrogens (tertiary/aromatic N) is 1. The number of para-hydroxylation sites is 2. The van der Waals surface area contributed by atoms with E-state index in [9.17, 15) is 4.79 Å². The van der Waals surface area contributed by atoms with Gasteiger partial charge in [-0.1, -0.05) is 18.2 Å². The maximum Gasteiger partial charge on any atom is 0.335 e. The third kappa shape index (κ3) is 3.92. The summed E-state index contributed by atoms with van der Waals surface area (Å²) in [7, 11) is 0. The van der Waals surface area contributed by atoms with Gasteiger partial charge in [0.25, 0.3) is 0 Å². The van der Waals surface area contributed by atoms with E-state index in [1.54, 1.807) is 19.9 Å². The highest BCUT2D eigenvalue weighted by atomic mass is 16.6. The van der Waals surface area contributed by atoms with E-state index in [1.165, 1.54) is 0 Å². The van der Waals surface area contributed by atoms with Gasteiger partial charge in [0.2, 0.25) is 5.89 Å². The molecule has 21 heavy (non-hydrogen) atoms. The fraction of sp³-hybridized carbons (Fsp3) is 0.375. The SMILES string of the molecule is C=CCCO[C@@H](C)C(=O)O[C@@H](C)c1nc2ccccc2o1. The summed E-state index contributed by atoms with van der Waals surface area (Å²) in [4.78, 5) is 16.2. The predicted molar refractivity (Wildman–Crippen MR) is 78.7 cm³/mol. The summed E-state index contributed by atoms with van der Waals surface area (Å²) in [6.07, 6.45) is 1.24. The van der Waals surface area contributed by atoms with Crippen molar-refractivity contribution in [3.05, 3.63) is 42.8 Å². The van der Waals surface area contributed by atoms with Crippen LogP contribution >= 0.6 is 0 Å². The topological polar surface area (TPSA) is 61.6 Å². The number of benzene rings is 1. The standard InChI is InChI=1S/C16H19NO4/c1-4-5-10-19-12(3)16(18)20-11(2)15-17-13-8-6-7-9-14(13)21-15/h4,6-9,11-12H,1,5,10H2,2-3H3/t11-,12-/m0/s1. The van der Waals surface area contributed by atoms with Gasteiger partial charge in [0.1, 0.15) is 5.52 Å². The summed E-state index contributed by atoms with van der Waals surface area (Å²) in [5.41, 5.74) is 1.41. The zero-order chi connectivity index (χ0) is 15.2. The van der Waals surface area contributed by atoms with Gasteiger partial charge >= 0.3 is 5.97 Å². The van der Waals surface area contributed by atoms with Crippen LogP contribution in [0.1, 0.15) is 32.3 Å². The third-order valence-corrected chi connectivity index (χ3v) is 2.97. The molecular weight excluding hydrogens is 270 g/mol. The fourth-order valence-electron chi connectivity index (χ4n) is 1.78. The molecule has 2 rings (SSSR count). The first kappa shape index (κ1) is 15.3. The minimum absolute atomic E-state index is 0.378. The monoisotopic (exact) mass is 289 g/mol. The van der Waals surface area contributed by atoms with Gasteiger partial charge in [0.15, 0.2) is 17.8 Å². The lowest BCUT2D eigenvalue weighted by Gasteiger charge is -2.14. The quantitative estimate of drug-likeness (QED) is 0.444. The Kier molecular flexibility index (Phi) is 5.11. The molecule has 0 unspecified atom stereocenters. The van der Waals surface area contributed by atoms with Crippen molar-refractivity contribution in [1.82, 2.24) is 4.98 Å². The van der Waals surface area contributed by atoms with Gasteiger partial charge in [-0.2, -0.15) is 0 Å². The Morgan fingerprint density at radius 2 is 2.19 bits per heavy atom. The molecule has 0 spiro atoms. The molecule has 2 atom stereocenters. The van der Waals surface area contributed by atoms with Crippen molar-refractivity contribution < 1.29 is 18.7 Å². The molecule has 5 heteroatoms. The molecule has 112 valence electrons. The molecule has 0 aliphatic carbocycles. The van der Waals surface area contributed by atoms with E-state index >= 15 is 0 Å². The van der Waals surface area contributed by atoms with Crippen LogP contribution in [-0.2, 0) is 14.3 Å². The zero-order valence-electron chi connectivity index (χ0n) is 12.2. The molecular formula is C16H19NO4. The second-order valence-electron chi connectivity index (χ2n) is 4.69. The van der Waals surface area contributed by atoms with Gasteiger partial charge in [0.05, 0.1) is 6.61 Å². The number of fused-ring (bicyclic) bond motifs is 1. The predicted octanol–water partition coefficient (Wildman–Crippen LogP) is 3.41. The first-order chi connectivity index (χ1) is 10.1. The highest BCUT2D eigenvalue weighted by molar-refractivity contribution is 5.75. The molecule has 5 nitrogen and oxygen atoms in total. The van der Waals surface area contributed by atoms with E-state index < -0.39 is 18.2 Å². The highest BCUT2D eigenvalue weighted by Crippen LogP contribution is 2.22. The van der Waals surface area contributed by atoms with Crippen LogP contribution in [0, 0.1) is 0 Å². The maximum absolute atomic E-state index is 11.9. The van der Waals surface area contributed by atoms with E-state index in [0.717, 1.165) is 5.52 Å². The van der Waals surface area contributed by atoms with Crippen molar-refractivity contribution in [3.63, 3.8) is 0 Å². The lowest BCUT2D eigenvalue weighted by atomic mass is 10.3. The van der Waals surface area contributed by atoms with Crippen molar-refractivity contribution in [3.8, 4) is 0 Å². The number of ether oxygens (including phenoxy) is 2. The number of carbonyl (C=O) groups is 1. The van der Waals surface area contributed by atoms with Crippen LogP contribution < -0.4 is 0 Å². The van der Waals surface area contributed by atoms with Crippen LogP contribution in [0.15, 0.2) is 41.3 Å². The molecule has 0 fully saturated rings. The van der Waals surface area contributed by atoms with Gasteiger partial charge in [-0.15, -0.1) is 6.58 Å². The van der Waals surface area contributed by atoms with E-state index in [-0.39, 0.29) is 0 Å².